The van der Waals surface area contributed by atoms with E-state index in [4.69, 9.17) is 9.84 Å². The summed E-state index contributed by atoms with van der Waals surface area (Å²) >= 11 is 3.44. The minimum atomic E-state index is -0.594. The van der Waals surface area contributed by atoms with Gasteiger partial charge in [0.05, 0.1) is 17.4 Å². The molecule has 36 heavy (non-hydrogen) atoms. The number of benzene rings is 2. The van der Waals surface area contributed by atoms with Crippen LogP contribution in [-0.2, 0) is 16.0 Å². The lowest BCUT2D eigenvalue weighted by Gasteiger charge is -2.23. The normalized spacial score (nSPS) is 16.9. The van der Waals surface area contributed by atoms with Gasteiger partial charge in [-0.25, -0.2) is 14.1 Å². The molecule has 184 valence electrons. The molecule has 2 aromatic carbocycles. The average molecular weight is 550 g/mol. The second-order valence-corrected chi connectivity index (χ2v) is 9.95. The number of halogens is 2. The van der Waals surface area contributed by atoms with Gasteiger partial charge in [0.1, 0.15) is 18.1 Å². The van der Waals surface area contributed by atoms with Gasteiger partial charge in [-0.1, -0.05) is 28.1 Å². The third kappa shape index (κ3) is 5.03. The van der Waals surface area contributed by atoms with E-state index in [1.807, 2.05) is 50.4 Å². The van der Waals surface area contributed by atoms with E-state index < -0.39 is 6.23 Å². The molecular formula is C27H25BrFN5O2. The van der Waals surface area contributed by atoms with E-state index in [2.05, 4.69) is 25.9 Å². The van der Waals surface area contributed by atoms with Crippen molar-refractivity contribution in [1.29, 1.82) is 0 Å². The molecule has 1 fully saturated rings. The Balaban J connectivity index is 1.47. The number of hydrogen-bond donors (Lipinski definition) is 1. The molecule has 3 heterocycles. The first kappa shape index (κ1) is 24.1. The summed E-state index contributed by atoms with van der Waals surface area (Å²) < 4.78 is 22.4. The summed E-state index contributed by atoms with van der Waals surface area (Å²) in [5.74, 6) is -0.401. The molecule has 0 radical (unpaired) electrons. The van der Waals surface area contributed by atoms with Gasteiger partial charge in [0.25, 0.3) is 5.91 Å². The SMILES string of the molecule is C/C(Br)=C\C=C(/C)n1cc(C2OCC(=O)N2CCc2ccc3nc[nH]c3c2)c(-c2ccc(F)cc2)n1. The summed E-state index contributed by atoms with van der Waals surface area (Å²) in [6.07, 6.45) is 7.50. The van der Waals surface area contributed by atoms with Crippen molar-refractivity contribution in [2.45, 2.75) is 26.5 Å². The predicted molar refractivity (Wildman–Crippen MR) is 140 cm³/mol. The number of H-pyrrole nitrogens is 1. The molecule has 9 heteroatoms. The van der Waals surface area contributed by atoms with Gasteiger partial charge in [-0.2, -0.15) is 5.10 Å². The van der Waals surface area contributed by atoms with Crippen LogP contribution < -0.4 is 0 Å². The van der Waals surface area contributed by atoms with Crippen molar-refractivity contribution in [3.05, 3.63) is 88.6 Å². The van der Waals surface area contributed by atoms with Crippen LogP contribution in [0.5, 0.6) is 0 Å². The first-order valence-corrected chi connectivity index (χ1v) is 12.4. The third-order valence-electron chi connectivity index (χ3n) is 6.14. The van der Waals surface area contributed by atoms with Crippen LogP contribution in [0.1, 0.15) is 31.2 Å². The Labute approximate surface area is 216 Å². The van der Waals surface area contributed by atoms with Crippen molar-refractivity contribution in [2.24, 2.45) is 0 Å². The van der Waals surface area contributed by atoms with E-state index in [-0.39, 0.29) is 18.3 Å². The van der Waals surface area contributed by atoms with E-state index in [1.165, 1.54) is 12.1 Å². The van der Waals surface area contributed by atoms with Crippen LogP contribution in [0.2, 0.25) is 0 Å². The predicted octanol–water partition coefficient (Wildman–Crippen LogP) is 5.83. The maximum absolute atomic E-state index is 13.6. The van der Waals surface area contributed by atoms with Crippen LogP contribution in [0.4, 0.5) is 4.39 Å². The fourth-order valence-electron chi connectivity index (χ4n) is 4.23. The highest BCUT2D eigenvalue weighted by Gasteiger charge is 2.36. The average Bonchev–Trinajstić information content (AvgIpc) is 3.59. The van der Waals surface area contributed by atoms with Crippen LogP contribution in [-0.4, -0.2) is 43.7 Å². The number of nitrogens with zero attached hydrogens (tertiary/aromatic N) is 4. The summed E-state index contributed by atoms with van der Waals surface area (Å²) in [4.78, 5) is 22.0. The molecular weight excluding hydrogens is 525 g/mol. The van der Waals surface area contributed by atoms with Crippen LogP contribution >= 0.6 is 15.9 Å². The quantitative estimate of drug-likeness (QED) is 0.294. The minimum absolute atomic E-state index is 0.00136. The fourth-order valence-corrected chi connectivity index (χ4v) is 4.37. The number of nitrogens with one attached hydrogen (secondary N) is 1. The number of ether oxygens (including phenoxy) is 1. The molecule has 1 saturated heterocycles. The van der Waals surface area contributed by atoms with Gasteiger partial charge in [0.15, 0.2) is 6.23 Å². The zero-order valence-corrected chi connectivity index (χ0v) is 21.5. The lowest BCUT2D eigenvalue weighted by molar-refractivity contribution is -0.128. The highest BCUT2D eigenvalue weighted by Crippen LogP contribution is 2.35. The number of allylic oxidation sites excluding steroid dienone is 4. The maximum atomic E-state index is 13.6. The highest BCUT2D eigenvalue weighted by atomic mass is 79.9. The molecule has 1 unspecified atom stereocenters. The van der Waals surface area contributed by atoms with E-state index >= 15 is 0 Å². The Morgan fingerprint density at radius 3 is 2.81 bits per heavy atom. The smallest absolute Gasteiger partial charge is 0.250 e. The zero-order valence-electron chi connectivity index (χ0n) is 19.9. The number of hydrogen-bond acceptors (Lipinski definition) is 4. The van der Waals surface area contributed by atoms with Crippen molar-refractivity contribution in [3.8, 4) is 11.3 Å². The maximum Gasteiger partial charge on any atom is 0.250 e. The number of aromatic nitrogens is 4. The van der Waals surface area contributed by atoms with Crippen LogP contribution in [0.15, 0.2) is 71.6 Å². The van der Waals surface area contributed by atoms with Gasteiger partial charge in [0, 0.05) is 29.6 Å². The van der Waals surface area contributed by atoms with Gasteiger partial charge < -0.3 is 14.6 Å². The molecule has 5 rings (SSSR count). The molecule has 2 aromatic heterocycles. The van der Waals surface area contributed by atoms with E-state index in [0.29, 0.717) is 18.7 Å². The van der Waals surface area contributed by atoms with E-state index in [9.17, 15) is 9.18 Å². The van der Waals surface area contributed by atoms with E-state index in [1.54, 1.807) is 28.0 Å². The molecule has 0 spiro atoms. The van der Waals surface area contributed by atoms with Crippen LogP contribution in [0, 0.1) is 5.82 Å². The van der Waals surface area contributed by atoms with Crippen molar-refractivity contribution in [3.63, 3.8) is 0 Å². The lowest BCUT2D eigenvalue weighted by atomic mass is 10.1. The summed E-state index contributed by atoms with van der Waals surface area (Å²) in [6.45, 7) is 4.38. The molecule has 0 aliphatic carbocycles. The molecule has 0 bridgehead atoms. The standard InChI is InChI=1S/C27H25BrFN5O2/c1-17(28)3-4-18(2)34-14-22(26(32-34)20-6-8-21(29)9-7-20)27-33(25(35)15-36-27)12-11-19-5-10-23-24(13-19)31-16-30-23/h3-10,13-14,16,27H,11-12,15H2,1-2H3,(H,30,31)/b17-3+,18-4+. The first-order valence-electron chi connectivity index (χ1n) is 11.6. The summed E-state index contributed by atoms with van der Waals surface area (Å²) in [6, 6.07) is 12.2. The number of imidazole rings is 1. The zero-order chi connectivity index (χ0) is 25.2. The van der Waals surface area contributed by atoms with Crippen molar-refractivity contribution in [2.75, 3.05) is 13.2 Å². The monoisotopic (exact) mass is 549 g/mol. The Hall–Kier alpha value is -3.56. The van der Waals surface area contributed by atoms with Gasteiger partial charge >= 0.3 is 0 Å². The Morgan fingerprint density at radius 1 is 1.22 bits per heavy atom. The first-order chi connectivity index (χ1) is 17.4. The molecule has 1 amide bonds. The topological polar surface area (TPSA) is 76.0 Å². The van der Waals surface area contributed by atoms with Gasteiger partial charge in [-0.05, 0) is 72.8 Å². The van der Waals surface area contributed by atoms with Crippen molar-refractivity contribution in [1.82, 2.24) is 24.6 Å². The van der Waals surface area contributed by atoms with Crippen LogP contribution in [0.3, 0.4) is 0 Å². The van der Waals surface area contributed by atoms with Gasteiger partial charge in [0.2, 0.25) is 0 Å². The van der Waals surface area contributed by atoms with Gasteiger partial charge in [-0.15, -0.1) is 0 Å². The Morgan fingerprint density at radius 2 is 2.03 bits per heavy atom. The minimum Gasteiger partial charge on any atom is -0.345 e. The number of rotatable bonds is 7. The number of fused-ring (bicyclic) bond motifs is 1. The third-order valence-corrected chi connectivity index (χ3v) is 6.40. The van der Waals surface area contributed by atoms with Crippen LogP contribution in [0.25, 0.3) is 28.0 Å². The molecule has 1 aliphatic rings. The highest BCUT2D eigenvalue weighted by molar-refractivity contribution is 9.11. The molecule has 4 aromatic rings. The lowest BCUT2D eigenvalue weighted by Crippen LogP contribution is -2.30. The fraction of sp³-hybridized carbons (Fsp3) is 0.222. The molecule has 1 aliphatic heterocycles. The molecule has 1 N–H and O–H groups in total. The van der Waals surface area contributed by atoms with Gasteiger partial charge in [-0.3, -0.25) is 4.79 Å². The number of carbonyl (C=O) groups excluding carboxylic acids is 1. The summed E-state index contributed by atoms with van der Waals surface area (Å²) in [5.41, 5.74) is 5.99. The second kappa shape index (κ2) is 10.2. The van der Waals surface area contributed by atoms with E-state index in [0.717, 1.165) is 37.9 Å². The summed E-state index contributed by atoms with van der Waals surface area (Å²) in [5, 5.41) is 4.79. The van der Waals surface area contributed by atoms with Crippen molar-refractivity contribution < 1.29 is 13.9 Å². The molecule has 0 saturated carbocycles. The number of aromatic amines is 1. The number of carbonyl (C=O) groups is 1. The van der Waals surface area contributed by atoms with Crippen molar-refractivity contribution >= 4 is 38.6 Å². The Bertz CT molecular complexity index is 1470. The number of amides is 1. The largest absolute Gasteiger partial charge is 0.345 e. The second-order valence-electron chi connectivity index (χ2n) is 8.70. The summed E-state index contributed by atoms with van der Waals surface area (Å²) in [7, 11) is 0. The molecule has 7 nitrogen and oxygen atoms in total. The molecule has 1 atom stereocenters. The Kier molecular flexibility index (Phi) is 6.84.